The molecule has 0 aromatic carbocycles. The van der Waals surface area contributed by atoms with Crippen LogP contribution in [0, 0.1) is 5.92 Å². The van der Waals surface area contributed by atoms with Crippen molar-refractivity contribution in [3.8, 4) is 0 Å². The Labute approximate surface area is 92.5 Å². The van der Waals surface area contributed by atoms with Crippen molar-refractivity contribution in [1.82, 2.24) is 0 Å². The van der Waals surface area contributed by atoms with E-state index >= 15 is 0 Å². The second-order valence-corrected chi connectivity index (χ2v) is 4.59. The van der Waals surface area contributed by atoms with Gasteiger partial charge in [0.1, 0.15) is 11.5 Å². The summed E-state index contributed by atoms with van der Waals surface area (Å²) < 4.78 is 9.55. The molecule has 6 heteroatoms. The molecule has 0 aromatic rings. The van der Waals surface area contributed by atoms with Gasteiger partial charge in [-0.1, -0.05) is 0 Å². The van der Waals surface area contributed by atoms with Crippen LogP contribution in [0.4, 0.5) is 0 Å². The molecule has 1 saturated heterocycles. The van der Waals surface area contributed by atoms with Gasteiger partial charge in [0, 0.05) is 0 Å². The molecule has 1 rings (SSSR count). The van der Waals surface area contributed by atoms with E-state index in [-0.39, 0.29) is 6.42 Å². The van der Waals surface area contributed by atoms with E-state index in [1.165, 1.54) is 0 Å². The zero-order valence-corrected chi connectivity index (χ0v) is 9.35. The monoisotopic (exact) mass is 230 g/mol. The number of cyclic esters (lactones) is 1. The second-order valence-electron chi connectivity index (χ2n) is 4.59. The van der Waals surface area contributed by atoms with Gasteiger partial charge in [0.15, 0.2) is 0 Å². The molecule has 0 aliphatic carbocycles. The highest BCUT2D eigenvalue weighted by Crippen LogP contribution is 2.25. The van der Waals surface area contributed by atoms with Crippen molar-refractivity contribution >= 4 is 17.9 Å². The van der Waals surface area contributed by atoms with Crippen LogP contribution in [-0.2, 0) is 23.9 Å². The van der Waals surface area contributed by atoms with Crippen LogP contribution in [-0.4, -0.2) is 34.7 Å². The molecule has 1 aliphatic heterocycles. The van der Waals surface area contributed by atoms with E-state index in [1.54, 1.807) is 20.8 Å². The maximum absolute atomic E-state index is 11.6. The number of rotatable bonds is 2. The first-order valence-corrected chi connectivity index (χ1v) is 4.86. The number of carboxylic acids is 1. The molecular formula is C10H14O6. The minimum Gasteiger partial charge on any atom is -0.478 e. The van der Waals surface area contributed by atoms with E-state index < -0.39 is 35.5 Å². The average Bonchev–Trinajstić information content (AvgIpc) is 2.44. The van der Waals surface area contributed by atoms with Gasteiger partial charge >= 0.3 is 17.9 Å². The Balaban J connectivity index is 2.75. The Hall–Kier alpha value is -1.59. The normalized spacial score (nSPS) is 25.1. The lowest BCUT2D eigenvalue weighted by molar-refractivity contribution is -0.168. The average molecular weight is 230 g/mol. The second kappa shape index (κ2) is 4.11. The quantitative estimate of drug-likeness (QED) is 0.688. The van der Waals surface area contributed by atoms with Crippen LogP contribution in [0.3, 0.4) is 0 Å². The molecule has 0 bridgehead atoms. The summed E-state index contributed by atoms with van der Waals surface area (Å²) in [5.41, 5.74) is -0.716. The van der Waals surface area contributed by atoms with E-state index in [0.717, 1.165) is 0 Å². The molecule has 16 heavy (non-hydrogen) atoms. The molecular weight excluding hydrogens is 216 g/mol. The van der Waals surface area contributed by atoms with Crippen LogP contribution < -0.4 is 0 Å². The van der Waals surface area contributed by atoms with E-state index in [9.17, 15) is 14.4 Å². The van der Waals surface area contributed by atoms with Crippen LogP contribution in [0.1, 0.15) is 27.2 Å². The third kappa shape index (κ3) is 2.95. The van der Waals surface area contributed by atoms with Crippen molar-refractivity contribution in [2.45, 2.75) is 38.9 Å². The summed E-state index contributed by atoms with van der Waals surface area (Å²) in [5, 5.41) is 8.76. The number of hydrogen-bond donors (Lipinski definition) is 1. The lowest BCUT2D eigenvalue weighted by Crippen LogP contribution is -2.36. The summed E-state index contributed by atoms with van der Waals surface area (Å²) in [7, 11) is 0. The van der Waals surface area contributed by atoms with E-state index in [4.69, 9.17) is 9.84 Å². The maximum Gasteiger partial charge on any atom is 0.345 e. The van der Waals surface area contributed by atoms with E-state index in [0.29, 0.717) is 0 Å². The number of aliphatic carboxylic acids is 1. The SMILES string of the molecule is CC(C)(C)OC(=O)[C@H]1CC(=O)O[C@@H]1C(=O)O. The summed E-state index contributed by atoms with van der Waals surface area (Å²) in [6, 6.07) is 0. The predicted octanol–water partition coefficient (Wildman–Crippen LogP) is 0.344. The largest absolute Gasteiger partial charge is 0.478 e. The fourth-order valence-electron chi connectivity index (χ4n) is 1.37. The Bertz CT molecular complexity index is 327. The third-order valence-corrected chi connectivity index (χ3v) is 1.96. The topological polar surface area (TPSA) is 89.9 Å². The molecule has 6 nitrogen and oxygen atoms in total. The number of carboxylic acid groups (broad SMARTS) is 1. The first kappa shape index (κ1) is 12.5. The van der Waals surface area contributed by atoms with Crippen LogP contribution in [0.5, 0.6) is 0 Å². The highest BCUT2D eigenvalue weighted by Gasteiger charge is 2.46. The summed E-state index contributed by atoms with van der Waals surface area (Å²) in [6.45, 7) is 4.99. The summed E-state index contributed by atoms with van der Waals surface area (Å²) >= 11 is 0. The van der Waals surface area contributed by atoms with Gasteiger partial charge in [-0.2, -0.15) is 0 Å². The van der Waals surface area contributed by atoms with Crippen LogP contribution in [0.2, 0.25) is 0 Å². The number of hydrogen-bond acceptors (Lipinski definition) is 5. The van der Waals surface area contributed by atoms with Crippen molar-refractivity contribution in [2.75, 3.05) is 0 Å². The smallest absolute Gasteiger partial charge is 0.345 e. The number of carbonyl (C=O) groups excluding carboxylic acids is 2. The molecule has 1 aliphatic rings. The van der Waals surface area contributed by atoms with Gasteiger partial charge in [-0.15, -0.1) is 0 Å². The number of ether oxygens (including phenoxy) is 2. The zero-order chi connectivity index (χ0) is 12.5. The van der Waals surface area contributed by atoms with Crippen molar-refractivity contribution in [1.29, 1.82) is 0 Å². The fraction of sp³-hybridized carbons (Fsp3) is 0.700. The Morgan fingerprint density at radius 1 is 1.44 bits per heavy atom. The molecule has 90 valence electrons. The zero-order valence-electron chi connectivity index (χ0n) is 9.35. The van der Waals surface area contributed by atoms with Gasteiger partial charge in [-0.05, 0) is 20.8 Å². The van der Waals surface area contributed by atoms with Gasteiger partial charge in [0.25, 0.3) is 0 Å². The Morgan fingerprint density at radius 2 is 2.00 bits per heavy atom. The van der Waals surface area contributed by atoms with E-state index in [2.05, 4.69) is 4.74 Å². The highest BCUT2D eigenvalue weighted by molar-refractivity contribution is 5.91. The van der Waals surface area contributed by atoms with Crippen molar-refractivity contribution in [3.05, 3.63) is 0 Å². The van der Waals surface area contributed by atoms with E-state index in [1.807, 2.05) is 0 Å². The molecule has 0 spiro atoms. The third-order valence-electron chi connectivity index (χ3n) is 1.96. The summed E-state index contributed by atoms with van der Waals surface area (Å²) in [4.78, 5) is 33.3. The van der Waals surface area contributed by atoms with Gasteiger partial charge < -0.3 is 14.6 Å². The highest BCUT2D eigenvalue weighted by atomic mass is 16.6. The van der Waals surface area contributed by atoms with Crippen LogP contribution >= 0.6 is 0 Å². The van der Waals surface area contributed by atoms with Crippen molar-refractivity contribution < 1.29 is 29.0 Å². The molecule has 1 fully saturated rings. The molecule has 0 amide bonds. The molecule has 2 atom stereocenters. The Morgan fingerprint density at radius 3 is 2.44 bits per heavy atom. The number of esters is 2. The van der Waals surface area contributed by atoms with Gasteiger partial charge in [0.05, 0.1) is 6.42 Å². The van der Waals surface area contributed by atoms with Gasteiger partial charge in [-0.25, -0.2) is 4.79 Å². The molecule has 0 radical (unpaired) electrons. The molecule has 0 saturated carbocycles. The van der Waals surface area contributed by atoms with Crippen LogP contribution in [0.15, 0.2) is 0 Å². The summed E-state index contributed by atoms with van der Waals surface area (Å²) in [5.74, 6) is -3.79. The van der Waals surface area contributed by atoms with Crippen LogP contribution in [0.25, 0.3) is 0 Å². The lowest BCUT2D eigenvalue weighted by atomic mass is 10.0. The van der Waals surface area contributed by atoms with Crippen molar-refractivity contribution in [2.24, 2.45) is 5.92 Å². The lowest BCUT2D eigenvalue weighted by Gasteiger charge is -2.22. The minimum absolute atomic E-state index is 0.244. The first-order valence-electron chi connectivity index (χ1n) is 4.86. The molecule has 1 N–H and O–H groups in total. The Kier molecular flexibility index (Phi) is 3.21. The first-order chi connectivity index (χ1) is 7.20. The van der Waals surface area contributed by atoms with Gasteiger partial charge in [0.2, 0.25) is 6.10 Å². The molecule has 1 heterocycles. The minimum atomic E-state index is -1.43. The molecule has 0 unspecified atom stereocenters. The predicted molar refractivity (Wildman–Crippen MR) is 51.5 cm³/mol. The van der Waals surface area contributed by atoms with Gasteiger partial charge in [-0.3, -0.25) is 9.59 Å². The maximum atomic E-state index is 11.6. The summed E-state index contributed by atoms with van der Waals surface area (Å²) in [6.07, 6.45) is -1.67. The number of carbonyl (C=O) groups is 3. The molecule has 0 aromatic heterocycles. The fourth-order valence-corrected chi connectivity index (χ4v) is 1.37. The standard InChI is InChI=1S/C10H14O6/c1-10(2,3)16-9(14)5-4-6(11)15-7(5)8(12)13/h5,7H,4H2,1-3H3,(H,12,13)/t5-,7-/m0/s1. The van der Waals surface area contributed by atoms with Crippen molar-refractivity contribution in [3.63, 3.8) is 0 Å².